The van der Waals surface area contributed by atoms with Crippen molar-refractivity contribution < 1.29 is 27.4 Å². The van der Waals surface area contributed by atoms with Gasteiger partial charge in [0.25, 0.3) is 0 Å². The van der Waals surface area contributed by atoms with Crippen LogP contribution in [0.15, 0.2) is 33.5 Å². The molecule has 8 heteroatoms. The predicted molar refractivity (Wildman–Crippen MR) is 77.4 cm³/mol. The molecule has 1 heterocycles. The Balaban J connectivity index is 2.27. The normalized spacial score (nSPS) is 13.5. The van der Waals surface area contributed by atoms with Crippen molar-refractivity contribution >= 4 is 11.0 Å². The van der Waals surface area contributed by atoms with Gasteiger partial charge in [0, 0.05) is 30.6 Å². The maximum atomic E-state index is 12.4. The highest BCUT2D eigenvalue weighted by Crippen LogP contribution is 2.24. The van der Waals surface area contributed by atoms with Crippen LogP contribution in [0, 0.1) is 0 Å². The topological polar surface area (TPSA) is 62.9 Å². The maximum absolute atomic E-state index is 12.4. The fourth-order valence-electron chi connectivity index (χ4n) is 2.22. The summed E-state index contributed by atoms with van der Waals surface area (Å²) in [6, 6.07) is 6.09. The van der Waals surface area contributed by atoms with Crippen LogP contribution in [-0.4, -0.2) is 43.0 Å². The number of ether oxygens (including phenoxy) is 1. The zero-order valence-electron chi connectivity index (χ0n) is 12.6. The Labute approximate surface area is 129 Å². The highest BCUT2D eigenvalue weighted by atomic mass is 19.4. The highest BCUT2D eigenvalue weighted by Gasteiger charge is 2.38. The number of fused-ring (bicyclic) bond motifs is 1. The van der Waals surface area contributed by atoms with Crippen molar-refractivity contribution in [2.45, 2.75) is 18.8 Å². The summed E-state index contributed by atoms with van der Waals surface area (Å²) < 4.78 is 47.3. The van der Waals surface area contributed by atoms with Gasteiger partial charge in [-0.05, 0) is 24.7 Å². The van der Waals surface area contributed by atoms with Crippen LogP contribution in [-0.2, 0) is 6.54 Å². The van der Waals surface area contributed by atoms with Crippen LogP contribution in [0.25, 0.3) is 11.0 Å². The largest absolute Gasteiger partial charge is 0.497 e. The van der Waals surface area contributed by atoms with E-state index in [2.05, 4.69) is 0 Å². The molecule has 2 rings (SSSR count). The third-order valence-electron chi connectivity index (χ3n) is 3.34. The van der Waals surface area contributed by atoms with Crippen molar-refractivity contribution in [2.75, 3.05) is 20.7 Å². The zero-order chi connectivity index (χ0) is 17.2. The van der Waals surface area contributed by atoms with Gasteiger partial charge in [-0.25, -0.2) is 4.79 Å². The monoisotopic (exact) mass is 331 g/mol. The number of aliphatic hydroxyl groups is 1. The molecule has 23 heavy (non-hydrogen) atoms. The van der Waals surface area contributed by atoms with Gasteiger partial charge in [-0.2, -0.15) is 13.2 Å². The van der Waals surface area contributed by atoms with Crippen LogP contribution in [0.3, 0.4) is 0 Å². The average Bonchev–Trinajstić information content (AvgIpc) is 2.45. The van der Waals surface area contributed by atoms with Crippen molar-refractivity contribution in [2.24, 2.45) is 0 Å². The van der Waals surface area contributed by atoms with E-state index in [1.54, 1.807) is 12.1 Å². The predicted octanol–water partition coefficient (Wildman–Crippen LogP) is 2.16. The Bertz CT molecular complexity index is 742. The van der Waals surface area contributed by atoms with Crippen LogP contribution in [0.5, 0.6) is 5.75 Å². The molecule has 0 fully saturated rings. The molecule has 0 bridgehead atoms. The van der Waals surface area contributed by atoms with Gasteiger partial charge in [0.2, 0.25) is 0 Å². The number of hydrogen-bond acceptors (Lipinski definition) is 5. The Kier molecular flexibility index (Phi) is 4.96. The minimum atomic E-state index is -4.68. The minimum absolute atomic E-state index is 0.0571. The molecule has 0 radical (unpaired) electrons. The van der Waals surface area contributed by atoms with Gasteiger partial charge in [0.15, 0.2) is 6.10 Å². The molecular weight excluding hydrogens is 315 g/mol. The fourth-order valence-corrected chi connectivity index (χ4v) is 2.22. The minimum Gasteiger partial charge on any atom is -0.497 e. The van der Waals surface area contributed by atoms with Gasteiger partial charge in [-0.1, -0.05) is 0 Å². The van der Waals surface area contributed by atoms with Crippen LogP contribution >= 0.6 is 0 Å². The lowest BCUT2D eigenvalue weighted by Gasteiger charge is -2.22. The standard InChI is InChI=1S/C15H16F3NO4/c1-19(8-13(20)15(16,17)18)7-9-5-14(21)23-12-6-10(22-2)3-4-11(9)12/h3-6,13,20H,7-8H2,1-2H3. The smallest absolute Gasteiger partial charge is 0.415 e. The van der Waals surface area contributed by atoms with Gasteiger partial charge in [-0.15, -0.1) is 0 Å². The molecule has 2 aromatic rings. The molecule has 0 saturated carbocycles. The van der Waals surface area contributed by atoms with E-state index in [0.29, 0.717) is 16.7 Å². The molecule has 1 aromatic carbocycles. The molecule has 0 amide bonds. The molecule has 0 aliphatic heterocycles. The first-order chi connectivity index (χ1) is 10.7. The summed E-state index contributed by atoms with van der Waals surface area (Å²) in [4.78, 5) is 12.9. The van der Waals surface area contributed by atoms with E-state index in [4.69, 9.17) is 14.3 Å². The van der Waals surface area contributed by atoms with Crippen molar-refractivity contribution in [3.05, 3.63) is 40.2 Å². The first kappa shape index (κ1) is 17.3. The van der Waals surface area contributed by atoms with Gasteiger partial charge < -0.3 is 14.3 Å². The van der Waals surface area contributed by atoms with Crippen molar-refractivity contribution in [1.82, 2.24) is 4.90 Å². The number of likely N-dealkylation sites (N-methyl/N-ethyl adjacent to an activating group) is 1. The molecule has 5 nitrogen and oxygen atoms in total. The number of halogens is 3. The first-order valence-corrected chi connectivity index (χ1v) is 6.75. The molecule has 0 aliphatic carbocycles. The first-order valence-electron chi connectivity index (χ1n) is 6.75. The molecule has 1 aromatic heterocycles. The van der Waals surface area contributed by atoms with E-state index in [0.717, 1.165) is 0 Å². The summed E-state index contributed by atoms with van der Waals surface area (Å²) in [5.41, 5.74) is 0.193. The van der Waals surface area contributed by atoms with E-state index >= 15 is 0 Å². The van der Waals surface area contributed by atoms with Crippen molar-refractivity contribution in [3.63, 3.8) is 0 Å². The third-order valence-corrected chi connectivity index (χ3v) is 3.34. The van der Waals surface area contributed by atoms with Crippen LogP contribution in [0.4, 0.5) is 13.2 Å². The second-order valence-corrected chi connectivity index (χ2v) is 5.21. The zero-order valence-corrected chi connectivity index (χ0v) is 12.6. The maximum Gasteiger partial charge on any atom is 0.415 e. The highest BCUT2D eigenvalue weighted by molar-refractivity contribution is 5.81. The summed E-state index contributed by atoms with van der Waals surface area (Å²) in [5, 5.41) is 9.70. The Morgan fingerprint density at radius 3 is 2.65 bits per heavy atom. The molecule has 126 valence electrons. The lowest BCUT2D eigenvalue weighted by atomic mass is 10.1. The fraction of sp³-hybridized carbons (Fsp3) is 0.400. The van der Waals surface area contributed by atoms with E-state index in [9.17, 15) is 18.0 Å². The van der Waals surface area contributed by atoms with E-state index in [1.165, 1.54) is 31.2 Å². The Morgan fingerprint density at radius 2 is 2.04 bits per heavy atom. The number of methoxy groups -OCH3 is 1. The van der Waals surface area contributed by atoms with Crippen LogP contribution in [0.2, 0.25) is 0 Å². The van der Waals surface area contributed by atoms with Gasteiger partial charge in [0.1, 0.15) is 11.3 Å². The molecule has 1 atom stereocenters. The second-order valence-electron chi connectivity index (χ2n) is 5.21. The van der Waals surface area contributed by atoms with Crippen LogP contribution in [0.1, 0.15) is 5.56 Å². The lowest BCUT2D eigenvalue weighted by Crippen LogP contribution is -2.39. The summed E-state index contributed by atoms with van der Waals surface area (Å²) in [6.07, 6.45) is -7.13. The van der Waals surface area contributed by atoms with Gasteiger partial charge in [-0.3, -0.25) is 4.90 Å². The SMILES string of the molecule is COc1ccc2c(CN(C)CC(O)C(F)(F)F)cc(=O)oc2c1. The molecule has 1 unspecified atom stereocenters. The molecular formula is C15H16F3NO4. The molecule has 0 aliphatic rings. The molecule has 0 spiro atoms. The van der Waals surface area contributed by atoms with E-state index < -0.39 is 24.5 Å². The second kappa shape index (κ2) is 6.59. The Hall–Kier alpha value is -2.06. The summed E-state index contributed by atoms with van der Waals surface area (Å²) in [7, 11) is 2.90. The number of nitrogens with zero attached hydrogens (tertiary/aromatic N) is 1. The number of alkyl halides is 3. The summed E-state index contributed by atoms with van der Waals surface area (Å²) >= 11 is 0. The number of benzene rings is 1. The third kappa shape index (κ3) is 4.23. The Morgan fingerprint density at radius 1 is 1.35 bits per heavy atom. The van der Waals surface area contributed by atoms with Crippen LogP contribution < -0.4 is 10.4 Å². The lowest BCUT2D eigenvalue weighted by molar-refractivity contribution is -0.207. The van der Waals surface area contributed by atoms with Crippen molar-refractivity contribution in [3.8, 4) is 5.75 Å². The van der Waals surface area contributed by atoms with Gasteiger partial charge in [0.05, 0.1) is 7.11 Å². The van der Waals surface area contributed by atoms with Gasteiger partial charge >= 0.3 is 11.8 Å². The number of rotatable bonds is 5. The molecule has 0 saturated heterocycles. The summed E-state index contributed by atoms with van der Waals surface area (Å²) in [6.45, 7) is -0.539. The number of hydrogen-bond donors (Lipinski definition) is 1. The van der Waals surface area contributed by atoms with E-state index in [-0.39, 0.29) is 12.1 Å². The molecule has 1 N–H and O–H groups in total. The number of aliphatic hydroxyl groups excluding tert-OH is 1. The quantitative estimate of drug-likeness (QED) is 0.851. The van der Waals surface area contributed by atoms with Crippen molar-refractivity contribution in [1.29, 1.82) is 0 Å². The average molecular weight is 331 g/mol. The summed E-state index contributed by atoms with van der Waals surface area (Å²) in [5.74, 6) is 0.499. The van der Waals surface area contributed by atoms with E-state index in [1.807, 2.05) is 0 Å².